The summed E-state index contributed by atoms with van der Waals surface area (Å²) in [5.41, 5.74) is 3.17. The van der Waals surface area contributed by atoms with E-state index >= 15 is 0 Å². The topological polar surface area (TPSA) is 80.0 Å². The zero-order chi connectivity index (χ0) is 23.1. The first-order valence-electron chi connectivity index (χ1n) is 10.9. The van der Waals surface area contributed by atoms with Crippen LogP contribution < -0.4 is 10.2 Å². The molecule has 0 saturated heterocycles. The molecular weight excluding hydrogens is 418 g/mol. The van der Waals surface area contributed by atoms with Crippen molar-refractivity contribution in [3.8, 4) is 11.5 Å². The molecule has 1 amide bonds. The molecule has 1 N–H and O–H groups in total. The molecule has 2 heterocycles. The summed E-state index contributed by atoms with van der Waals surface area (Å²) in [4.78, 5) is 28.7. The Labute approximate surface area is 190 Å². The van der Waals surface area contributed by atoms with E-state index in [0.29, 0.717) is 41.0 Å². The van der Waals surface area contributed by atoms with Crippen LogP contribution in [0.4, 0.5) is 0 Å². The van der Waals surface area contributed by atoms with Gasteiger partial charge in [0.1, 0.15) is 5.58 Å². The Morgan fingerprint density at radius 3 is 2.55 bits per heavy atom. The largest absolute Gasteiger partial charge is 0.504 e. The van der Waals surface area contributed by atoms with Crippen molar-refractivity contribution >= 4 is 16.9 Å². The van der Waals surface area contributed by atoms with Crippen LogP contribution in [0.15, 0.2) is 75.9 Å². The highest BCUT2D eigenvalue weighted by Gasteiger charge is 2.43. The number of aryl methyl sites for hydroxylation is 1. The van der Waals surface area contributed by atoms with Crippen LogP contribution in [0.3, 0.4) is 0 Å². The monoisotopic (exact) mass is 441 g/mol. The van der Waals surface area contributed by atoms with Gasteiger partial charge < -0.3 is 19.2 Å². The van der Waals surface area contributed by atoms with Crippen molar-refractivity contribution in [2.75, 3.05) is 6.61 Å². The standard InChI is InChI=1S/C27H23NO5/c1-3-32-22-14-18(12-13-20(22)29)24-23-25(30)19-6-4-5-7-21(19)33-26(23)27(31)28(24)15-17-10-8-16(2)9-11-17/h4-14,24,29H,3,15H2,1-2H3. The Morgan fingerprint density at radius 2 is 1.79 bits per heavy atom. The molecule has 1 unspecified atom stereocenters. The molecule has 0 fully saturated rings. The quantitative estimate of drug-likeness (QED) is 0.474. The number of phenols is 1. The van der Waals surface area contributed by atoms with Crippen LogP contribution in [0.5, 0.6) is 11.5 Å². The van der Waals surface area contributed by atoms with E-state index < -0.39 is 6.04 Å². The van der Waals surface area contributed by atoms with Crippen LogP contribution in [0.2, 0.25) is 0 Å². The highest BCUT2D eigenvalue weighted by atomic mass is 16.5. The molecule has 1 aliphatic heterocycles. The van der Waals surface area contributed by atoms with Crippen molar-refractivity contribution in [1.29, 1.82) is 0 Å². The van der Waals surface area contributed by atoms with E-state index in [4.69, 9.17) is 9.15 Å². The van der Waals surface area contributed by atoms with E-state index in [9.17, 15) is 14.7 Å². The van der Waals surface area contributed by atoms with Crippen LogP contribution in [0.25, 0.3) is 11.0 Å². The van der Waals surface area contributed by atoms with E-state index in [1.807, 2.05) is 38.1 Å². The predicted octanol–water partition coefficient (Wildman–Crippen LogP) is 4.95. The van der Waals surface area contributed by atoms with Gasteiger partial charge in [0.25, 0.3) is 5.91 Å². The van der Waals surface area contributed by atoms with Gasteiger partial charge in [-0.2, -0.15) is 0 Å². The zero-order valence-electron chi connectivity index (χ0n) is 18.4. The van der Waals surface area contributed by atoms with E-state index in [2.05, 4.69) is 0 Å². The summed E-state index contributed by atoms with van der Waals surface area (Å²) in [7, 11) is 0. The molecular formula is C27H23NO5. The first-order chi connectivity index (χ1) is 16.0. The van der Waals surface area contributed by atoms with Crippen LogP contribution in [0, 0.1) is 6.92 Å². The van der Waals surface area contributed by atoms with Gasteiger partial charge in [0, 0.05) is 6.54 Å². The SMILES string of the molecule is CCOc1cc(C2c3c(oc4ccccc4c3=O)C(=O)N2Cc2ccc(C)cc2)ccc1O. The first-order valence-corrected chi connectivity index (χ1v) is 10.9. The highest BCUT2D eigenvalue weighted by Crippen LogP contribution is 2.41. The lowest BCUT2D eigenvalue weighted by atomic mass is 9.97. The van der Waals surface area contributed by atoms with Gasteiger partial charge >= 0.3 is 0 Å². The third-order valence-corrected chi connectivity index (χ3v) is 5.95. The molecule has 0 radical (unpaired) electrons. The fourth-order valence-electron chi connectivity index (χ4n) is 4.34. The van der Waals surface area contributed by atoms with Crippen LogP contribution in [-0.4, -0.2) is 22.5 Å². The van der Waals surface area contributed by atoms with E-state index in [1.165, 1.54) is 6.07 Å². The van der Waals surface area contributed by atoms with Gasteiger partial charge in [-0.05, 0) is 49.2 Å². The number of fused-ring (bicyclic) bond motifs is 2. The second kappa shape index (κ2) is 8.13. The molecule has 0 spiro atoms. The highest BCUT2D eigenvalue weighted by molar-refractivity contribution is 5.99. The number of hydrogen-bond donors (Lipinski definition) is 1. The number of rotatable bonds is 5. The lowest BCUT2D eigenvalue weighted by molar-refractivity contribution is 0.0714. The van der Waals surface area contributed by atoms with Crippen molar-refractivity contribution in [2.24, 2.45) is 0 Å². The molecule has 3 aromatic carbocycles. The zero-order valence-corrected chi connectivity index (χ0v) is 18.4. The maximum absolute atomic E-state index is 13.6. The second-order valence-corrected chi connectivity index (χ2v) is 8.15. The van der Waals surface area contributed by atoms with Gasteiger partial charge in [-0.15, -0.1) is 0 Å². The summed E-state index contributed by atoms with van der Waals surface area (Å²) in [5, 5.41) is 10.6. The Balaban J connectivity index is 1.71. The van der Waals surface area contributed by atoms with Crippen molar-refractivity contribution in [1.82, 2.24) is 4.90 Å². The summed E-state index contributed by atoms with van der Waals surface area (Å²) in [6, 6.07) is 19.1. The Kier molecular flexibility index (Phi) is 5.13. The van der Waals surface area contributed by atoms with Crippen molar-refractivity contribution in [3.63, 3.8) is 0 Å². The number of phenolic OH excluding ortho intramolecular Hbond substituents is 1. The maximum atomic E-state index is 13.6. The summed E-state index contributed by atoms with van der Waals surface area (Å²) >= 11 is 0. The van der Waals surface area contributed by atoms with Crippen molar-refractivity contribution < 1.29 is 19.1 Å². The third kappa shape index (κ3) is 3.53. The minimum atomic E-state index is -0.672. The average molecular weight is 441 g/mol. The molecule has 0 aliphatic carbocycles. The molecule has 1 atom stereocenters. The van der Waals surface area contributed by atoms with E-state index in [-0.39, 0.29) is 22.8 Å². The number of nitrogens with zero attached hydrogens (tertiary/aromatic N) is 1. The summed E-state index contributed by atoms with van der Waals surface area (Å²) in [5.74, 6) is 0.0171. The number of para-hydroxylation sites is 1. The van der Waals surface area contributed by atoms with Crippen molar-refractivity contribution in [2.45, 2.75) is 26.4 Å². The van der Waals surface area contributed by atoms with Gasteiger partial charge in [0.05, 0.1) is 23.6 Å². The number of carbonyl (C=O) groups is 1. The Hall–Kier alpha value is -4.06. The van der Waals surface area contributed by atoms with Crippen LogP contribution in [0.1, 0.15) is 45.8 Å². The fourth-order valence-corrected chi connectivity index (χ4v) is 4.34. The number of hydrogen-bond acceptors (Lipinski definition) is 5. The first kappa shape index (κ1) is 20.8. The van der Waals surface area contributed by atoms with Crippen molar-refractivity contribution in [3.05, 3.63) is 105 Å². The molecule has 5 rings (SSSR count). The molecule has 1 aliphatic rings. The number of ether oxygens (including phenoxy) is 1. The smallest absolute Gasteiger partial charge is 0.291 e. The number of carbonyl (C=O) groups excluding carboxylic acids is 1. The average Bonchev–Trinajstić information content (AvgIpc) is 3.09. The fraction of sp³-hybridized carbons (Fsp3) is 0.185. The lowest BCUT2D eigenvalue weighted by Gasteiger charge is -2.26. The molecule has 6 heteroatoms. The predicted molar refractivity (Wildman–Crippen MR) is 125 cm³/mol. The van der Waals surface area contributed by atoms with Gasteiger partial charge in [-0.3, -0.25) is 9.59 Å². The normalized spacial score (nSPS) is 15.2. The second-order valence-electron chi connectivity index (χ2n) is 8.15. The summed E-state index contributed by atoms with van der Waals surface area (Å²) in [6.45, 7) is 4.50. The molecule has 0 saturated carbocycles. The minimum Gasteiger partial charge on any atom is -0.504 e. The molecule has 1 aromatic heterocycles. The lowest BCUT2D eigenvalue weighted by Crippen LogP contribution is -2.29. The number of benzene rings is 3. The van der Waals surface area contributed by atoms with E-state index in [0.717, 1.165) is 11.1 Å². The molecule has 6 nitrogen and oxygen atoms in total. The van der Waals surface area contributed by atoms with Crippen LogP contribution in [-0.2, 0) is 6.54 Å². The molecule has 0 bridgehead atoms. The van der Waals surface area contributed by atoms with E-state index in [1.54, 1.807) is 41.3 Å². The minimum absolute atomic E-state index is 0.000720. The molecule has 33 heavy (non-hydrogen) atoms. The number of aromatic hydroxyl groups is 1. The molecule has 166 valence electrons. The number of amides is 1. The maximum Gasteiger partial charge on any atom is 0.291 e. The van der Waals surface area contributed by atoms with Gasteiger partial charge in [0.2, 0.25) is 5.76 Å². The Bertz CT molecular complexity index is 1420. The van der Waals surface area contributed by atoms with Gasteiger partial charge in [-0.25, -0.2) is 0 Å². The Morgan fingerprint density at radius 1 is 1.03 bits per heavy atom. The van der Waals surface area contributed by atoms with Crippen LogP contribution >= 0.6 is 0 Å². The van der Waals surface area contributed by atoms with Gasteiger partial charge in [0.15, 0.2) is 16.9 Å². The summed E-state index contributed by atoms with van der Waals surface area (Å²) in [6.07, 6.45) is 0. The molecule has 4 aromatic rings. The van der Waals surface area contributed by atoms with Gasteiger partial charge in [-0.1, -0.05) is 48.0 Å². The summed E-state index contributed by atoms with van der Waals surface area (Å²) < 4.78 is 11.5. The third-order valence-electron chi connectivity index (χ3n) is 5.95.